The molecule has 0 saturated carbocycles. The molecule has 0 bridgehead atoms. The van der Waals surface area contributed by atoms with Crippen LogP contribution in [0.3, 0.4) is 0 Å². The van der Waals surface area contributed by atoms with E-state index >= 15 is 0 Å². The first-order chi connectivity index (χ1) is 9.16. The first-order valence-electron chi connectivity index (χ1n) is 6.13. The third-order valence-corrected chi connectivity index (χ3v) is 4.68. The lowest BCUT2D eigenvalue weighted by atomic mass is 10.1. The fraction of sp³-hybridized carbons (Fsp3) is 0.500. The summed E-state index contributed by atoms with van der Waals surface area (Å²) < 4.78 is 23.0. The van der Waals surface area contributed by atoms with Gasteiger partial charge in [-0.3, -0.25) is 4.57 Å². The van der Waals surface area contributed by atoms with Crippen LogP contribution in [0.1, 0.15) is 19.4 Å². The van der Waals surface area contributed by atoms with E-state index in [1.54, 1.807) is 13.8 Å². The van der Waals surface area contributed by atoms with E-state index < -0.39 is 13.4 Å². The van der Waals surface area contributed by atoms with Gasteiger partial charge in [0, 0.05) is 4.91 Å². The highest BCUT2D eigenvalue weighted by Gasteiger charge is 2.34. The van der Waals surface area contributed by atoms with Crippen LogP contribution in [0, 0.1) is 0 Å². The first-order valence-corrected chi connectivity index (χ1v) is 7.74. The maximum atomic E-state index is 12.6. The average Bonchev–Trinajstić information content (AvgIpc) is 2.40. The first kappa shape index (κ1) is 15.7. The Bertz CT molecular complexity index is 464. The SMILES string of the molecule is CCOP(=O)(OCC)C(Cc1ccccc1)N=[N+]=[N-]. The van der Waals surface area contributed by atoms with Crippen molar-refractivity contribution in [1.82, 2.24) is 0 Å². The van der Waals surface area contributed by atoms with E-state index in [2.05, 4.69) is 10.0 Å². The van der Waals surface area contributed by atoms with Gasteiger partial charge in [0.15, 0.2) is 0 Å². The molecule has 1 atom stereocenters. The molecule has 0 spiro atoms. The molecule has 0 radical (unpaired) electrons. The Morgan fingerprint density at radius 1 is 1.26 bits per heavy atom. The normalized spacial score (nSPS) is 12.7. The van der Waals surface area contributed by atoms with Crippen LogP contribution in [0.4, 0.5) is 0 Å². The Labute approximate surface area is 112 Å². The summed E-state index contributed by atoms with van der Waals surface area (Å²) in [6, 6.07) is 9.38. The van der Waals surface area contributed by atoms with Crippen LogP contribution in [0.2, 0.25) is 0 Å². The summed E-state index contributed by atoms with van der Waals surface area (Å²) in [7, 11) is -3.43. The molecule has 0 aliphatic carbocycles. The highest BCUT2D eigenvalue weighted by atomic mass is 31.2. The van der Waals surface area contributed by atoms with Crippen LogP contribution in [0.25, 0.3) is 10.4 Å². The van der Waals surface area contributed by atoms with Gasteiger partial charge in [0.2, 0.25) is 0 Å². The zero-order valence-electron chi connectivity index (χ0n) is 11.1. The summed E-state index contributed by atoms with van der Waals surface area (Å²) in [5, 5.41) is 3.60. The largest absolute Gasteiger partial charge is 0.339 e. The lowest BCUT2D eigenvalue weighted by Gasteiger charge is -2.22. The minimum Gasteiger partial charge on any atom is -0.309 e. The molecule has 0 fully saturated rings. The van der Waals surface area contributed by atoms with E-state index in [0.717, 1.165) is 5.56 Å². The van der Waals surface area contributed by atoms with Gasteiger partial charge in [-0.15, -0.1) is 0 Å². The summed E-state index contributed by atoms with van der Waals surface area (Å²) in [5.41, 5.74) is 9.56. The highest BCUT2D eigenvalue weighted by molar-refractivity contribution is 7.54. The zero-order valence-corrected chi connectivity index (χ0v) is 12.0. The molecule has 1 aromatic carbocycles. The molecule has 0 heterocycles. The number of rotatable bonds is 8. The van der Waals surface area contributed by atoms with Gasteiger partial charge in [0.05, 0.1) is 13.2 Å². The van der Waals surface area contributed by atoms with Crippen molar-refractivity contribution < 1.29 is 13.6 Å². The lowest BCUT2D eigenvalue weighted by molar-refractivity contribution is 0.212. The Morgan fingerprint density at radius 2 is 1.84 bits per heavy atom. The van der Waals surface area contributed by atoms with E-state index in [-0.39, 0.29) is 13.2 Å². The molecule has 0 saturated heterocycles. The minimum absolute atomic E-state index is 0.240. The molecule has 0 aromatic heterocycles. The molecule has 0 amide bonds. The second-order valence-electron chi connectivity index (χ2n) is 3.75. The van der Waals surface area contributed by atoms with Gasteiger partial charge >= 0.3 is 7.60 Å². The van der Waals surface area contributed by atoms with E-state index in [9.17, 15) is 4.57 Å². The van der Waals surface area contributed by atoms with Gasteiger partial charge in [-0.2, -0.15) is 0 Å². The molecule has 7 heteroatoms. The molecule has 1 rings (SSSR count). The van der Waals surface area contributed by atoms with E-state index in [1.165, 1.54) is 0 Å². The molecular formula is C12H18N3O3P. The Hall–Kier alpha value is -1.32. The second-order valence-corrected chi connectivity index (χ2v) is 5.94. The molecule has 0 N–H and O–H groups in total. The van der Waals surface area contributed by atoms with Gasteiger partial charge in [0.1, 0.15) is 5.78 Å². The number of hydrogen-bond donors (Lipinski definition) is 0. The average molecular weight is 283 g/mol. The van der Waals surface area contributed by atoms with Gasteiger partial charge in [-0.05, 0) is 31.4 Å². The maximum absolute atomic E-state index is 12.6. The van der Waals surface area contributed by atoms with Crippen LogP contribution in [0.5, 0.6) is 0 Å². The maximum Gasteiger partial charge on any atom is 0.339 e. The third kappa shape index (κ3) is 4.69. The number of azide groups is 1. The topological polar surface area (TPSA) is 84.3 Å². The van der Waals surface area contributed by atoms with Crippen molar-refractivity contribution in [3.8, 4) is 0 Å². The van der Waals surface area contributed by atoms with Gasteiger partial charge in [-0.25, -0.2) is 0 Å². The second kappa shape index (κ2) is 7.97. The number of benzene rings is 1. The molecule has 0 aliphatic heterocycles. The molecule has 104 valence electrons. The Kier molecular flexibility index (Phi) is 6.60. The molecule has 0 aliphatic rings. The van der Waals surface area contributed by atoms with E-state index in [4.69, 9.17) is 14.6 Å². The summed E-state index contributed by atoms with van der Waals surface area (Å²) in [6.45, 7) is 3.93. The van der Waals surface area contributed by atoms with Crippen molar-refractivity contribution in [2.24, 2.45) is 5.11 Å². The quantitative estimate of drug-likeness (QED) is 0.311. The molecule has 1 unspecified atom stereocenters. The molecule has 1 aromatic rings. The predicted octanol–water partition coefficient (Wildman–Crippen LogP) is 4.13. The number of nitrogens with zero attached hydrogens (tertiary/aromatic N) is 3. The van der Waals surface area contributed by atoms with Crippen LogP contribution < -0.4 is 0 Å². The van der Waals surface area contributed by atoms with Crippen LogP contribution in [0.15, 0.2) is 35.4 Å². The van der Waals surface area contributed by atoms with Crippen molar-refractivity contribution in [3.63, 3.8) is 0 Å². The van der Waals surface area contributed by atoms with Crippen LogP contribution in [-0.2, 0) is 20.0 Å². The standard InChI is InChI=1S/C12H18N3O3P/c1-3-17-19(16,18-4-2)12(14-15-13)10-11-8-6-5-7-9-11/h5-9,12H,3-4,10H2,1-2H3. The number of hydrogen-bond acceptors (Lipinski definition) is 4. The highest BCUT2D eigenvalue weighted by Crippen LogP contribution is 2.54. The van der Waals surface area contributed by atoms with Crippen molar-refractivity contribution in [1.29, 1.82) is 0 Å². The Balaban J connectivity index is 2.97. The monoisotopic (exact) mass is 283 g/mol. The van der Waals surface area contributed by atoms with Gasteiger partial charge < -0.3 is 9.05 Å². The Morgan fingerprint density at radius 3 is 2.32 bits per heavy atom. The van der Waals surface area contributed by atoms with E-state index in [0.29, 0.717) is 6.42 Å². The molecular weight excluding hydrogens is 265 g/mol. The van der Waals surface area contributed by atoms with Crippen molar-refractivity contribution in [2.45, 2.75) is 26.1 Å². The summed E-state index contributed by atoms with van der Waals surface area (Å²) in [5.74, 6) is -0.847. The molecule has 19 heavy (non-hydrogen) atoms. The molecule has 6 nitrogen and oxygen atoms in total. The predicted molar refractivity (Wildman–Crippen MR) is 73.9 cm³/mol. The summed E-state index contributed by atoms with van der Waals surface area (Å²) in [6.07, 6.45) is 0.322. The van der Waals surface area contributed by atoms with Crippen LogP contribution >= 0.6 is 7.60 Å². The zero-order chi connectivity index (χ0) is 14.1. The lowest BCUT2D eigenvalue weighted by Crippen LogP contribution is -2.13. The van der Waals surface area contributed by atoms with Crippen molar-refractivity contribution in [2.75, 3.05) is 13.2 Å². The smallest absolute Gasteiger partial charge is 0.309 e. The van der Waals surface area contributed by atoms with Crippen LogP contribution in [-0.4, -0.2) is 19.0 Å². The summed E-state index contributed by atoms with van der Waals surface area (Å²) >= 11 is 0. The van der Waals surface area contributed by atoms with Gasteiger partial charge in [-0.1, -0.05) is 35.4 Å². The van der Waals surface area contributed by atoms with Crippen molar-refractivity contribution >= 4 is 7.60 Å². The fourth-order valence-corrected chi connectivity index (χ4v) is 3.42. The van der Waals surface area contributed by atoms with E-state index in [1.807, 2.05) is 30.3 Å². The van der Waals surface area contributed by atoms with Gasteiger partial charge in [0.25, 0.3) is 0 Å². The van der Waals surface area contributed by atoms with Crippen molar-refractivity contribution in [3.05, 3.63) is 46.3 Å². The minimum atomic E-state index is -3.43. The summed E-state index contributed by atoms with van der Waals surface area (Å²) in [4.78, 5) is 2.76. The third-order valence-electron chi connectivity index (χ3n) is 2.43. The fourth-order valence-electron chi connectivity index (χ4n) is 1.67.